The van der Waals surface area contributed by atoms with E-state index in [-0.39, 0.29) is 11.6 Å². The molecular formula is C8H14N4O2. The molecule has 6 nitrogen and oxygen atoms in total. The zero-order chi connectivity index (χ0) is 10.6. The summed E-state index contributed by atoms with van der Waals surface area (Å²) in [5.41, 5.74) is 6.23. The molecule has 0 saturated carbocycles. The van der Waals surface area contributed by atoms with Gasteiger partial charge in [0.25, 0.3) is 5.91 Å². The normalized spacial score (nSPS) is 10.1. The molecule has 1 rings (SSSR count). The van der Waals surface area contributed by atoms with Gasteiger partial charge >= 0.3 is 0 Å². The summed E-state index contributed by atoms with van der Waals surface area (Å²) < 4.78 is 6.47. The number of nitrogens with one attached hydrogen (secondary N) is 1. The van der Waals surface area contributed by atoms with E-state index in [4.69, 9.17) is 10.5 Å². The summed E-state index contributed by atoms with van der Waals surface area (Å²) in [6, 6.07) is 0. The molecule has 1 aromatic rings. The second-order valence-corrected chi connectivity index (χ2v) is 2.77. The number of nitrogen functional groups attached to an aromatic ring is 1. The fraction of sp³-hybridized carbons (Fsp3) is 0.500. The number of ether oxygens (including phenoxy) is 1. The van der Waals surface area contributed by atoms with Crippen molar-refractivity contribution in [2.75, 3.05) is 26.5 Å². The number of anilines is 1. The summed E-state index contributed by atoms with van der Waals surface area (Å²) in [4.78, 5) is 11.2. The van der Waals surface area contributed by atoms with E-state index in [9.17, 15) is 4.79 Å². The molecule has 3 N–H and O–H groups in total. The molecule has 14 heavy (non-hydrogen) atoms. The number of hydrogen-bond acceptors (Lipinski definition) is 4. The van der Waals surface area contributed by atoms with Crippen molar-refractivity contribution in [3.8, 4) is 0 Å². The minimum atomic E-state index is -0.279. The SMILES string of the molecule is CNC(=O)c1nn(CCOC)cc1N. The molecule has 0 unspecified atom stereocenters. The molecule has 78 valence electrons. The molecule has 0 aliphatic heterocycles. The molecule has 6 heteroatoms. The van der Waals surface area contributed by atoms with Crippen LogP contribution in [0, 0.1) is 0 Å². The fourth-order valence-corrected chi connectivity index (χ4v) is 1.03. The summed E-state index contributed by atoms with van der Waals surface area (Å²) in [5, 5.41) is 6.48. The van der Waals surface area contributed by atoms with Gasteiger partial charge in [-0.15, -0.1) is 0 Å². The van der Waals surface area contributed by atoms with E-state index in [1.807, 2.05) is 0 Å². The number of methoxy groups -OCH3 is 1. The van der Waals surface area contributed by atoms with E-state index in [0.717, 1.165) is 0 Å². The number of carbonyl (C=O) groups excluding carboxylic acids is 1. The van der Waals surface area contributed by atoms with E-state index in [1.54, 1.807) is 18.0 Å². The van der Waals surface area contributed by atoms with E-state index < -0.39 is 0 Å². The Labute approximate surface area is 82.0 Å². The van der Waals surface area contributed by atoms with Gasteiger partial charge in [0.2, 0.25) is 0 Å². The Kier molecular flexibility index (Phi) is 3.47. The molecule has 1 amide bonds. The average molecular weight is 198 g/mol. The Morgan fingerprint density at radius 2 is 2.50 bits per heavy atom. The lowest BCUT2D eigenvalue weighted by Gasteiger charge is -1.98. The molecular weight excluding hydrogens is 184 g/mol. The number of nitrogens with zero attached hydrogens (tertiary/aromatic N) is 2. The summed E-state index contributed by atoms with van der Waals surface area (Å²) in [6.07, 6.45) is 1.61. The third-order valence-corrected chi connectivity index (χ3v) is 1.76. The van der Waals surface area contributed by atoms with Gasteiger partial charge in [-0.2, -0.15) is 5.10 Å². The predicted molar refractivity (Wildman–Crippen MR) is 51.9 cm³/mol. The Hall–Kier alpha value is -1.56. The molecule has 0 atom stereocenters. The summed E-state index contributed by atoms with van der Waals surface area (Å²) in [7, 11) is 3.14. The number of amides is 1. The molecule has 0 spiro atoms. The van der Waals surface area contributed by atoms with Crippen LogP contribution in [0.4, 0.5) is 5.69 Å². The zero-order valence-corrected chi connectivity index (χ0v) is 8.28. The van der Waals surface area contributed by atoms with Crippen molar-refractivity contribution in [2.24, 2.45) is 0 Å². The first-order chi connectivity index (χ1) is 6.69. The second kappa shape index (κ2) is 4.61. The van der Waals surface area contributed by atoms with Gasteiger partial charge in [0.05, 0.1) is 18.8 Å². The van der Waals surface area contributed by atoms with Gasteiger partial charge in [-0.25, -0.2) is 0 Å². The quantitative estimate of drug-likeness (QED) is 0.681. The standard InChI is InChI=1S/C8H14N4O2/c1-10-8(13)7-6(9)5-12(11-7)3-4-14-2/h5H,3-4,9H2,1-2H3,(H,10,13). The van der Waals surface area contributed by atoms with Crippen LogP contribution in [0.2, 0.25) is 0 Å². The highest BCUT2D eigenvalue weighted by Crippen LogP contribution is 2.08. The van der Waals surface area contributed by atoms with Gasteiger partial charge < -0.3 is 15.8 Å². The number of carbonyl (C=O) groups is 1. The van der Waals surface area contributed by atoms with E-state index in [1.165, 1.54) is 7.05 Å². The van der Waals surface area contributed by atoms with Crippen LogP contribution in [0.5, 0.6) is 0 Å². The average Bonchev–Trinajstić information content (AvgIpc) is 2.55. The number of hydrogen-bond donors (Lipinski definition) is 2. The fourth-order valence-electron chi connectivity index (χ4n) is 1.03. The van der Waals surface area contributed by atoms with Crippen LogP contribution in [0.1, 0.15) is 10.5 Å². The Morgan fingerprint density at radius 3 is 3.07 bits per heavy atom. The molecule has 0 fully saturated rings. The molecule has 1 heterocycles. The van der Waals surface area contributed by atoms with Crippen molar-refractivity contribution >= 4 is 11.6 Å². The summed E-state index contributed by atoms with van der Waals surface area (Å²) >= 11 is 0. The molecule has 0 aromatic carbocycles. The van der Waals surface area contributed by atoms with Gasteiger partial charge in [0.15, 0.2) is 5.69 Å². The van der Waals surface area contributed by atoms with E-state index >= 15 is 0 Å². The smallest absolute Gasteiger partial charge is 0.273 e. The van der Waals surface area contributed by atoms with Crippen LogP contribution < -0.4 is 11.1 Å². The zero-order valence-electron chi connectivity index (χ0n) is 8.28. The molecule has 0 bridgehead atoms. The highest BCUT2D eigenvalue weighted by atomic mass is 16.5. The molecule has 0 saturated heterocycles. The van der Waals surface area contributed by atoms with Crippen molar-refractivity contribution < 1.29 is 9.53 Å². The van der Waals surface area contributed by atoms with Gasteiger partial charge in [-0.05, 0) is 0 Å². The van der Waals surface area contributed by atoms with Crippen molar-refractivity contribution in [1.29, 1.82) is 0 Å². The predicted octanol–water partition coefficient (Wildman–Crippen LogP) is -0.529. The van der Waals surface area contributed by atoms with Crippen molar-refractivity contribution in [3.63, 3.8) is 0 Å². The van der Waals surface area contributed by atoms with Gasteiger partial charge in [-0.1, -0.05) is 0 Å². The third kappa shape index (κ3) is 2.23. The first kappa shape index (κ1) is 10.5. The van der Waals surface area contributed by atoms with Gasteiger partial charge in [-0.3, -0.25) is 9.48 Å². The largest absolute Gasteiger partial charge is 0.396 e. The van der Waals surface area contributed by atoms with Crippen LogP contribution in [-0.2, 0) is 11.3 Å². The Balaban J connectivity index is 2.77. The van der Waals surface area contributed by atoms with Crippen LogP contribution in [0.15, 0.2) is 6.20 Å². The Bertz CT molecular complexity index is 321. The summed E-state index contributed by atoms with van der Waals surface area (Å²) in [5.74, 6) is -0.279. The van der Waals surface area contributed by atoms with Crippen LogP contribution in [0.25, 0.3) is 0 Å². The van der Waals surface area contributed by atoms with Crippen molar-refractivity contribution in [2.45, 2.75) is 6.54 Å². The minimum absolute atomic E-state index is 0.253. The topological polar surface area (TPSA) is 82.2 Å². The maximum atomic E-state index is 11.2. The van der Waals surface area contributed by atoms with Crippen molar-refractivity contribution in [3.05, 3.63) is 11.9 Å². The maximum absolute atomic E-state index is 11.2. The maximum Gasteiger partial charge on any atom is 0.273 e. The highest BCUT2D eigenvalue weighted by molar-refractivity contribution is 5.96. The lowest BCUT2D eigenvalue weighted by Crippen LogP contribution is -2.20. The van der Waals surface area contributed by atoms with Gasteiger partial charge in [0.1, 0.15) is 0 Å². The molecule has 0 radical (unpaired) electrons. The van der Waals surface area contributed by atoms with E-state index in [2.05, 4.69) is 10.4 Å². The second-order valence-electron chi connectivity index (χ2n) is 2.77. The number of nitrogens with two attached hydrogens (primary N) is 1. The molecule has 1 aromatic heterocycles. The van der Waals surface area contributed by atoms with Crippen LogP contribution in [0.3, 0.4) is 0 Å². The molecule has 0 aliphatic carbocycles. The number of aromatic nitrogens is 2. The monoisotopic (exact) mass is 198 g/mol. The van der Waals surface area contributed by atoms with E-state index in [0.29, 0.717) is 18.8 Å². The molecule has 0 aliphatic rings. The lowest BCUT2D eigenvalue weighted by atomic mass is 10.3. The lowest BCUT2D eigenvalue weighted by molar-refractivity contribution is 0.0957. The highest BCUT2D eigenvalue weighted by Gasteiger charge is 2.12. The minimum Gasteiger partial charge on any atom is -0.396 e. The number of rotatable bonds is 4. The van der Waals surface area contributed by atoms with Crippen LogP contribution >= 0.6 is 0 Å². The van der Waals surface area contributed by atoms with Crippen molar-refractivity contribution in [1.82, 2.24) is 15.1 Å². The van der Waals surface area contributed by atoms with Gasteiger partial charge in [0, 0.05) is 20.4 Å². The van der Waals surface area contributed by atoms with Crippen LogP contribution in [-0.4, -0.2) is 36.5 Å². The first-order valence-electron chi connectivity index (χ1n) is 4.23. The Morgan fingerprint density at radius 1 is 1.79 bits per heavy atom. The summed E-state index contributed by atoms with van der Waals surface area (Å²) in [6.45, 7) is 1.12. The third-order valence-electron chi connectivity index (χ3n) is 1.76. The first-order valence-corrected chi connectivity index (χ1v) is 4.23.